The summed E-state index contributed by atoms with van der Waals surface area (Å²) in [5.41, 5.74) is 0. The van der Waals surface area contributed by atoms with Gasteiger partial charge in [0.05, 0.1) is 31.0 Å². The third-order valence-corrected chi connectivity index (χ3v) is 2.52. The Balaban J connectivity index is 2.75. The molecule has 0 bridgehead atoms. The molecule has 0 aromatic carbocycles. The van der Waals surface area contributed by atoms with E-state index in [4.69, 9.17) is 0 Å². The molecule has 0 N–H and O–H groups in total. The van der Waals surface area contributed by atoms with Crippen molar-refractivity contribution in [3.63, 3.8) is 0 Å². The Hall–Kier alpha value is -1.27. The molecule has 17 heavy (non-hydrogen) atoms. The van der Waals surface area contributed by atoms with Crippen molar-refractivity contribution in [1.29, 1.82) is 0 Å². The van der Waals surface area contributed by atoms with Gasteiger partial charge in [-0.3, -0.25) is 9.59 Å². The highest BCUT2D eigenvalue weighted by Gasteiger charge is 2.71. The van der Waals surface area contributed by atoms with Crippen molar-refractivity contribution >= 4 is 11.9 Å². The maximum absolute atomic E-state index is 12.5. The van der Waals surface area contributed by atoms with Gasteiger partial charge < -0.3 is 9.47 Å². The van der Waals surface area contributed by atoms with Crippen LogP contribution in [0.3, 0.4) is 0 Å². The third-order valence-electron chi connectivity index (χ3n) is 2.52. The molecule has 98 valence electrons. The summed E-state index contributed by atoms with van der Waals surface area (Å²) in [7, 11) is 0. The Bertz CT molecular complexity index is 289. The minimum Gasteiger partial charge on any atom is -0.466 e. The SMILES string of the molecule is CCOC(=O)C1C(C(=O)OCC)C1C(F)(F)F. The van der Waals surface area contributed by atoms with E-state index >= 15 is 0 Å². The minimum absolute atomic E-state index is 0.0184. The number of alkyl halides is 3. The molecule has 1 rings (SSSR count). The summed E-state index contributed by atoms with van der Waals surface area (Å²) in [4.78, 5) is 22.5. The maximum Gasteiger partial charge on any atom is 0.393 e. The van der Waals surface area contributed by atoms with Crippen molar-refractivity contribution in [2.45, 2.75) is 20.0 Å². The first-order chi connectivity index (χ1) is 7.84. The average molecular weight is 254 g/mol. The van der Waals surface area contributed by atoms with E-state index in [-0.39, 0.29) is 13.2 Å². The molecule has 2 atom stereocenters. The summed E-state index contributed by atoms with van der Waals surface area (Å²) in [6, 6.07) is 0. The highest BCUT2D eigenvalue weighted by atomic mass is 19.4. The molecule has 0 aromatic heterocycles. The van der Waals surface area contributed by atoms with Crippen LogP contribution in [0.15, 0.2) is 0 Å². The number of rotatable bonds is 4. The highest BCUT2D eigenvalue weighted by molar-refractivity contribution is 5.88. The van der Waals surface area contributed by atoms with Crippen LogP contribution in [0.4, 0.5) is 13.2 Å². The number of ether oxygens (including phenoxy) is 2. The first kappa shape index (κ1) is 13.8. The molecular formula is C10H13F3O4. The van der Waals surface area contributed by atoms with Crippen molar-refractivity contribution < 1.29 is 32.2 Å². The van der Waals surface area contributed by atoms with Gasteiger partial charge >= 0.3 is 18.1 Å². The Morgan fingerprint density at radius 3 is 1.59 bits per heavy atom. The zero-order chi connectivity index (χ0) is 13.2. The number of hydrogen-bond donors (Lipinski definition) is 0. The molecule has 4 nitrogen and oxygen atoms in total. The van der Waals surface area contributed by atoms with Crippen LogP contribution in [0.25, 0.3) is 0 Å². The number of esters is 2. The van der Waals surface area contributed by atoms with Gasteiger partial charge in [0.1, 0.15) is 0 Å². The molecule has 1 aliphatic rings. The standard InChI is InChI=1S/C10H13F3O4/c1-3-16-8(14)5-6(9(15)17-4-2)7(5)10(11,12)13/h5-7H,3-4H2,1-2H3. The predicted molar refractivity (Wildman–Crippen MR) is 49.8 cm³/mol. The van der Waals surface area contributed by atoms with Crippen molar-refractivity contribution in [3.8, 4) is 0 Å². The number of carbonyl (C=O) groups is 2. The van der Waals surface area contributed by atoms with Crippen molar-refractivity contribution in [3.05, 3.63) is 0 Å². The van der Waals surface area contributed by atoms with E-state index in [1.165, 1.54) is 13.8 Å². The lowest BCUT2D eigenvalue weighted by Gasteiger charge is -2.04. The summed E-state index contributed by atoms with van der Waals surface area (Å²) < 4.78 is 46.6. The van der Waals surface area contributed by atoms with Gasteiger partial charge in [-0.1, -0.05) is 0 Å². The molecule has 0 spiro atoms. The van der Waals surface area contributed by atoms with Gasteiger partial charge in [0.15, 0.2) is 0 Å². The minimum atomic E-state index is -4.59. The van der Waals surface area contributed by atoms with Crippen LogP contribution in [0.5, 0.6) is 0 Å². The van der Waals surface area contributed by atoms with Crippen LogP contribution in [-0.2, 0) is 19.1 Å². The van der Waals surface area contributed by atoms with Gasteiger partial charge in [0, 0.05) is 0 Å². The fourth-order valence-electron chi connectivity index (χ4n) is 1.78. The zero-order valence-corrected chi connectivity index (χ0v) is 9.41. The van der Waals surface area contributed by atoms with Crippen LogP contribution < -0.4 is 0 Å². The quantitative estimate of drug-likeness (QED) is 0.714. The molecule has 0 radical (unpaired) electrons. The maximum atomic E-state index is 12.5. The largest absolute Gasteiger partial charge is 0.466 e. The predicted octanol–water partition coefficient (Wildman–Crippen LogP) is 1.54. The Morgan fingerprint density at radius 2 is 1.35 bits per heavy atom. The molecular weight excluding hydrogens is 241 g/mol. The zero-order valence-electron chi connectivity index (χ0n) is 9.41. The van der Waals surface area contributed by atoms with Gasteiger partial charge in [-0.25, -0.2) is 0 Å². The van der Waals surface area contributed by atoms with Crippen molar-refractivity contribution in [2.75, 3.05) is 13.2 Å². The molecule has 0 aliphatic heterocycles. The van der Waals surface area contributed by atoms with Gasteiger partial charge in [-0.2, -0.15) is 13.2 Å². The summed E-state index contributed by atoms with van der Waals surface area (Å²) in [5.74, 6) is -6.86. The monoisotopic (exact) mass is 254 g/mol. The molecule has 1 aliphatic carbocycles. The summed E-state index contributed by atoms with van der Waals surface area (Å²) in [6.45, 7) is 2.94. The van der Waals surface area contributed by atoms with Crippen LogP contribution in [-0.4, -0.2) is 31.3 Å². The van der Waals surface area contributed by atoms with Gasteiger partial charge in [0.25, 0.3) is 0 Å². The fraction of sp³-hybridized carbons (Fsp3) is 0.800. The summed E-state index contributed by atoms with van der Waals surface area (Å²) in [6.07, 6.45) is -4.59. The number of carbonyl (C=O) groups excluding carboxylic acids is 2. The first-order valence-corrected chi connectivity index (χ1v) is 5.24. The topological polar surface area (TPSA) is 52.6 Å². The molecule has 1 saturated carbocycles. The van der Waals surface area contributed by atoms with Crippen LogP contribution in [0.1, 0.15) is 13.8 Å². The second-order valence-corrected chi connectivity index (χ2v) is 3.62. The van der Waals surface area contributed by atoms with E-state index < -0.39 is 35.9 Å². The van der Waals surface area contributed by atoms with Crippen molar-refractivity contribution in [1.82, 2.24) is 0 Å². The highest BCUT2D eigenvalue weighted by Crippen LogP contribution is 2.56. The summed E-state index contributed by atoms with van der Waals surface area (Å²) in [5, 5.41) is 0. The smallest absolute Gasteiger partial charge is 0.393 e. The lowest BCUT2D eigenvalue weighted by Crippen LogP contribution is -2.17. The second kappa shape index (κ2) is 4.93. The summed E-state index contributed by atoms with van der Waals surface area (Å²) >= 11 is 0. The van der Waals surface area contributed by atoms with Crippen LogP contribution in [0, 0.1) is 17.8 Å². The molecule has 2 unspecified atom stereocenters. The second-order valence-electron chi connectivity index (χ2n) is 3.62. The van der Waals surface area contributed by atoms with E-state index in [0.29, 0.717) is 0 Å². The normalized spacial score (nSPS) is 27.5. The lowest BCUT2D eigenvalue weighted by atomic mass is 10.3. The molecule has 1 fully saturated rings. The Morgan fingerprint density at radius 1 is 1.00 bits per heavy atom. The fourth-order valence-corrected chi connectivity index (χ4v) is 1.78. The third kappa shape index (κ3) is 2.89. The van der Waals surface area contributed by atoms with Gasteiger partial charge in [-0.05, 0) is 13.8 Å². The Labute approximate surface area is 96.1 Å². The van der Waals surface area contributed by atoms with E-state index in [9.17, 15) is 22.8 Å². The van der Waals surface area contributed by atoms with E-state index in [2.05, 4.69) is 9.47 Å². The molecule has 0 aromatic rings. The average Bonchev–Trinajstić information content (AvgIpc) is 2.92. The molecule has 0 heterocycles. The van der Waals surface area contributed by atoms with Gasteiger partial charge in [0.2, 0.25) is 0 Å². The van der Waals surface area contributed by atoms with Gasteiger partial charge in [-0.15, -0.1) is 0 Å². The molecule has 7 heteroatoms. The van der Waals surface area contributed by atoms with Crippen molar-refractivity contribution in [2.24, 2.45) is 17.8 Å². The first-order valence-electron chi connectivity index (χ1n) is 5.24. The molecule has 0 amide bonds. The van der Waals surface area contributed by atoms with E-state index in [0.717, 1.165) is 0 Å². The van der Waals surface area contributed by atoms with E-state index in [1.807, 2.05) is 0 Å². The van der Waals surface area contributed by atoms with E-state index in [1.54, 1.807) is 0 Å². The van der Waals surface area contributed by atoms with Crippen LogP contribution in [0.2, 0.25) is 0 Å². The lowest BCUT2D eigenvalue weighted by molar-refractivity contribution is -0.166. The number of hydrogen-bond acceptors (Lipinski definition) is 4. The molecule has 0 saturated heterocycles. The number of halogens is 3. The Kier molecular flexibility index (Phi) is 4.00. The van der Waals surface area contributed by atoms with Crippen LogP contribution >= 0.6 is 0 Å².